The summed E-state index contributed by atoms with van der Waals surface area (Å²) >= 11 is 0. The number of likely N-dealkylation sites (tertiary alicyclic amines) is 1. The lowest BCUT2D eigenvalue weighted by molar-refractivity contribution is -0.153. The minimum atomic E-state index is -1.30. The van der Waals surface area contributed by atoms with Crippen molar-refractivity contribution in [3.05, 3.63) is 24.3 Å². The van der Waals surface area contributed by atoms with Crippen LogP contribution in [0, 0.1) is 11.3 Å². The Hall–Kier alpha value is -2.41. The Morgan fingerprint density at radius 1 is 1.10 bits per heavy atom. The van der Waals surface area contributed by atoms with Crippen LogP contribution in [0.1, 0.15) is 32.6 Å². The Labute approximate surface area is 171 Å². The van der Waals surface area contributed by atoms with Crippen LogP contribution in [0.25, 0.3) is 0 Å². The number of Topliss-reactive ketones (excluding diaryl/α,β-unsaturated/α-hetero) is 1. The van der Waals surface area contributed by atoms with Gasteiger partial charge in [-0.05, 0) is 70.5 Å². The van der Waals surface area contributed by atoms with Gasteiger partial charge in [-0.3, -0.25) is 14.4 Å². The van der Waals surface area contributed by atoms with Crippen molar-refractivity contribution in [1.82, 2.24) is 10.2 Å². The fourth-order valence-corrected chi connectivity index (χ4v) is 4.96. The Bertz CT molecular complexity index is 803. The van der Waals surface area contributed by atoms with E-state index in [2.05, 4.69) is 20.4 Å². The van der Waals surface area contributed by atoms with Crippen molar-refractivity contribution in [3.8, 4) is 0 Å². The van der Waals surface area contributed by atoms with Gasteiger partial charge in [0.2, 0.25) is 11.8 Å². The van der Waals surface area contributed by atoms with E-state index in [1.165, 1.54) is 19.3 Å². The van der Waals surface area contributed by atoms with Gasteiger partial charge in [0.1, 0.15) is 0 Å². The van der Waals surface area contributed by atoms with Crippen molar-refractivity contribution in [2.24, 2.45) is 11.3 Å². The Morgan fingerprint density at radius 2 is 1.79 bits per heavy atom. The van der Waals surface area contributed by atoms with Gasteiger partial charge in [-0.2, -0.15) is 0 Å². The van der Waals surface area contributed by atoms with Crippen LogP contribution in [0.4, 0.5) is 11.4 Å². The third kappa shape index (κ3) is 3.75. The smallest absolute Gasteiger partial charge is 0.244 e. The normalized spacial score (nSPS) is 30.5. The van der Waals surface area contributed by atoms with Crippen LogP contribution in [-0.2, 0) is 14.4 Å². The molecule has 3 heterocycles. The molecule has 3 aliphatic rings. The molecule has 0 radical (unpaired) electrons. The van der Waals surface area contributed by atoms with Crippen molar-refractivity contribution in [2.75, 3.05) is 43.4 Å². The third-order valence-corrected chi connectivity index (χ3v) is 6.69. The highest BCUT2D eigenvalue weighted by atomic mass is 16.2. The van der Waals surface area contributed by atoms with Crippen molar-refractivity contribution in [2.45, 2.75) is 38.6 Å². The molecule has 1 aromatic carbocycles. The molecule has 7 heteroatoms. The van der Waals surface area contributed by atoms with Crippen LogP contribution < -0.4 is 15.5 Å². The van der Waals surface area contributed by atoms with Crippen LogP contribution in [-0.4, -0.2) is 61.8 Å². The van der Waals surface area contributed by atoms with Gasteiger partial charge in [-0.1, -0.05) is 0 Å². The summed E-state index contributed by atoms with van der Waals surface area (Å²) < 4.78 is 0. The number of hydrogen-bond acceptors (Lipinski definition) is 5. The van der Waals surface area contributed by atoms with E-state index in [1.807, 2.05) is 38.2 Å². The molecule has 4 rings (SSSR count). The standard InChI is InChI=1S/C22H30N4O3/c1-22-14-25(2)13-10-17(22)24-21(29)18(19(22)27)20(28)23-15-6-8-16(9-7-15)26-11-4-3-5-12-26/h6-9,17-18H,3-5,10-14H2,1-2H3,(H,23,28)(H,24,29)/t17-,18?,22-/m1/s1. The zero-order valence-corrected chi connectivity index (χ0v) is 17.2. The average Bonchev–Trinajstić information content (AvgIpc) is 2.71. The first-order valence-electron chi connectivity index (χ1n) is 10.6. The Balaban J connectivity index is 1.46. The van der Waals surface area contributed by atoms with Gasteiger partial charge < -0.3 is 20.4 Å². The molecular weight excluding hydrogens is 368 g/mol. The number of benzene rings is 1. The van der Waals surface area contributed by atoms with Gasteiger partial charge in [0, 0.05) is 37.1 Å². The lowest BCUT2D eigenvalue weighted by Gasteiger charge is -2.48. The molecule has 3 atom stereocenters. The highest BCUT2D eigenvalue weighted by Gasteiger charge is 2.55. The summed E-state index contributed by atoms with van der Waals surface area (Å²) in [6, 6.07) is 7.44. The molecule has 2 N–H and O–H groups in total. The molecule has 1 aromatic rings. The van der Waals surface area contributed by atoms with Crippen molar-refractivity contribution in [1.29, 1.82) is 0 Å². The second-order valence-electron chi connectivity index (χ2n) is 8.89. The number of ketones is 1. The molecule has 0 bridgehead atoms. The quantitative estimate of drug-likeness (QED) is 0.757. The minimum Gasteiger partial charge on any atom is -0.372 e. The molecule has 29 heavy (non-hydrogen) atoms. The van der Waals surface area contributed by atoms with E-state index in [0.717, 1.165) is 31.7 Å². The lowest BCUT2D eigenvalue weighted by Crippen LogP contribution is -2.68. The van der Waals surface area contributed by atoms with E-state index in [4.69, 9.17) is 0 Å². The monoisotopic (exact) mass is 398 g/mol. The number of nitrogens with zero attached hydrogens (tertiary/aromatic N) is 2. The first kappa shape index (κ1) is 19.9. The van der Waals surface area contributed by atoms with E-state index >= 15 is 0 Å². The van der Waals surface area contributed by atoms with Crippen molar-refractivity contribution < 1.29 is 14.4 Å². The second-order valence-corrected chi connectivity index (χ2v) is 8.89. The van der Waals surface area contributed by atoms with Crippen molar-refractivity contribution >= 4 is 29.0 Å². The summed E-state index contributed by atoms with van der Waals surface area (Å²) in [4.78, 5) is 43.0. The first-order valence-corrected chi connectivity index (χ1v) is 10.6. The highest BCUT2D eigenvalue weighted by molar-refractivity contribution is 6.24. The fourth-order valence-electron chi connectivity index (χ4n) is 4.96. The van der Waals surface area contributed by atoms with E-state index < -0.39 is 23.1 Å². The van der Waals surface area contributed by atoms with E-state index in [9.17, 15) is 14.4 Å². The van der Waals surface area contributed by atoms with Gasteiger partial charge in [-0.15, -0.1) is 0 Å². The van der Waals surface area contributed by atoms with Crippen LogP contribution >= 0.6 is 0 Å². The number of carbonyl (C=O) groups excluding carboxylic acids is 3. The lowest BCUT2D eigenvalue weighted by atomic mass is 9.67. The molecule has 3 saturated heterocycles. The number of hydrogen-bond donors (Lipinski definition) is 2. The molecule has 2 amide bonds. The summed E-state index contributed by atoms with van der Waals surface area (Å²) in [7, 11) is 1.96. The van der Waals surface area contributed by atoms with Gasteiger partial charge in [0.25, 0.3) is 0 Å². The summed E-state index contributed by atoms with van der Waals surface area (Å²) in [5.41, 5.74) is 1.00. The molecule has 3 aliphatic heterocycles. The van der Waals surface area contributed by atoms with Gasteiger partial charge in [0.05, 0.1) is 5.41 Å². The van der Waals surface area contributed by atoms with Crippen molar-refractivity contribution in [3.63, 3.8) is 0 Å². The highest BCUT2D eigenvalue weighted by Crippen LogP contribution is 2.36. The maximum absolute atomic E-state index is 13.2. The fraction of sp³-hybridized carbons (Fsp3) is 0.591. The molecular formula is C22H30N4O3. The molecule has 0 aromatic heterocycles. The van der Waals surface area contributed by atoms with Gasteiger partial charge in [-0.25, -0.2) is 0 Å². The number of carbonyl (C=O) groups is 3. The summed E-state index contributed by atoms with van der Waals surface area (Å²) in [5, 5.41) is 5.70. The van der Waals surface area contributed by atoms with E-state index in [-0.39, 0.29) is 11.8 Å². The number of anilines is 2. The maximum Gasteiger partial charge on any atom is 0.244 e. The minimum absolute atomic E-state index is 0.202. The SMILES string of the molecule is CN1CC[C@H]2NC(=O)C(C(=O)Nc3ccc(N4CCCCC4)cc3)C(=O)[C@]2(C)C1. The van der Waals surface area contributed by atoms with E-state index in [1.54, 1.807) is 0 Å². The maximum atomic E-state index is 13.2. The number of rotatable bonds is 3. The average molecular weight is 399 g/mol. The Morgan fingerprint density at radius 3 is 2.48 bits per heavy atom. The molecule has 0 spiro atoms. The summed E-state index contributed by atoms with van der Waals surface area (Å²) in [5.74, 6) is -2.61. The number of fused-ring (bicyclic) bond motifs is 1. The zero-order valence-electron chi connectivity index (χ0n) is 17.2. The molecule has 0 aliphatic carbocycles. The predicted molar refractivity (Wildman–Crippen MR) is 112 cm³/mol. The van der Waals surface area contributed by atoms with Crippen LogP contribution in [0.15, 0.2) is 24.3 Å². The molecule has 1 unspecified atom stereocenters. The molecule has 156 valence electrons. The van der Waals surface area contributed by atoms with Crippen LogP contribution in [0.3, 0.4) is 0 Å². The van der Waals surface area contributed by atoms with Gasteiger partial charge >= 0.3 is 0 Å². The summed E-state index contributed by atoms with van der Waals surface area (Å²) in [6.45, 7) is 5.34. The van der Waals surface area contributed by atoms with Crippen LogP contribution in [0.5, 0.6) is 0 Å². The number of amides is 2. The molecule has 7 nitrogen and oxygen atoms in total. The predicted octanol–water partition coefficient (Wildman–Crippen LogP) is 1.64. The largest absolute Gasteiger partial charge is 0.372 e. The molecule has 0 saturated carbocycles. The zero-order chi connectivity index (χ0) is 20.6. The molecule has 3 fully saturated rings. The topological polar surface area (TPSA) is 81.8 Å². The van der Waals surface area contributed by atoms with Gasteiger partial charge in [0.15, 0.2) is 11.7 Å². The second kappa shape index (κ2) is 7.78. The third-order valence-electron chi connectivity index (χ3n) is 6.69. The van der Waals surface area contributed by atoms with E-state index in [0.29, 0.717) is 12.2 Å². The summed E-state index contributed by atoms with van der Waals surface area (Å²) in [6.07, 6.45) is 4.40. The van der Waals surface area contributed by atoms with Crippen LogP contribution in [0.2, 0.25) is 0 Å². The first-order chi connectivity index (χ1) is 13.9. The number of piperidine rings is 3. The number of nitrogens with one attached hydrogen (secondary N) is 2. The Kier molecular flexibility index (Phi) is 5.34.